The molecular formula is C18H28N2O2. The van der Waals surface area contributed by atoms with Crippen molar-refractivity contribution in [1.29, 1.82) is 0 Å². The second kappa shape index (κ2) is 7.14. The summed E-state index contributed by atoms with van der Waals surface area (Å²) in [5, 5.41) is 2.99. The third kappa shape index (κ3) is 4.47. The first-order valence-corrected chi connectivity index (χ1v) is 8.10. The van der Waals surface area contributed by atoms with Crippen molar-refractivity contribution >= 4 is 5.91 Å². The highest BCUT2D eigenvalue weighted by molar-refractivity contribution is 5.77. The average Bonchev–Trinajstić information content (AvgIpc) is 3.01. The number of rotatable bonds is 6. The van der Waals surface area contributed by atoms with E-state index >= 15 is 0 Å². The third-order valence-electron chi connectivity index (χ3n) is 4.53. The molecule has 122 valence electrons. The van der Waals surface area contributed by atoms with Crippen molar-refractivity contribution in [3.63, 3.8) is 0 Å². The molecule has 0 bridgehead atoms. The lowest BCUT2D eigenvalue weighted by Gasteiger charge is -2.35. The molecule has 1 aliphatic heterocycles. The minimum atomic E-state index is -0.0644. The lowest BCUT2D eigenvalue weighted by molar-refractivity contribution is -0.123. The number of aryl methyl sites for hydroxylation is 2. The normalized spacial score (nSPS) is 15.8. The van der Waals surface area contributed by atoms with Crippen LogP contribution in [0.5, 0.6) is 5.75 Å². The van der Waals surface area contributed by atoms with Gasteiger partial charge in [-0.2, -0.15) is 0 Å². The molecule has 0 radical (unpaired) electrons. The van der Waals surface area contributed by atoms with E-state index in [0.29, 0.717) is 6.54 Å². The number of benzene rings is 1. The molecule has 1 fully saturated rings. The Morgan fingerprint density at radius 1 is 1.23 bits per heavy atom. The summed E-state index contributed by atoms with van der Waals surface area (Å²) < 4.78 is 5.57. The van der Waals surface area contributed by atoms with Crippen LogP contribution in [0.15, 0.2) is 18.2 Å². The van der Waals surface area contributed by atoms with Gasteiger partial charge in [0.2, 0.25) is 0 Å². The largest absolute Gasteiger partial charge is 0.484 e. The monoisotopic (exact) mass is 304 g/mol. The molecule has 0 aliphatic carbocycles. The average molecular weight is 304 g/mol. The van der Waals surface area contributed by atoms with Crippen molar-refractivity contribution < 1.29 is 9.53 Å². The Morgan fingerprint density at radius 2 is 1.91 bits per heavy atom. The summed E-state index contributed by atoms with van der Waals surface area (Å²) in [5.41, 5.74) is 2.41. The van der Waals surface area contributed by atoms with Gasteiger partial charge in [-0.05, 0) is 76.9 Å². The van der Waals surface area contributed by atoms with Crippen LogP contribution in [0.1, 0.15) is 37.8 Å². The number of hydrogen-bond donors (Lipinski definition) is 1. The number of nitrogens with zero attached hydrogens (tertiary/aromatic N) is 1. The lowest BCUT2D eigenvalue weighted by Crippen LogP contribution is -2.51. The van der Waals surface area contributed by atoms with E-state index in [4.69, 9.17) is 4.74 Å². The van der Waals surface area contributed by atoms with Gasteiger partial charge in [0.25, 0.3) is 5.91 Å². The molecule has 2 rings (SSSR count). The topological polar surface area (TPSA) is 41.6 Å². The van der Waals surface area contributed by atoms with Gasteiger partial charge in [0.1, 0.15) is 5.75 Å². The SMILES string of the molecule is Cc1ccc(OCC(=O)NCC(C)(C)N2CCCC2)cc1C. The van der Waals surface area contributed by atoms with Gasteiger partial charge in [0.15, 0.2) is 6.61 Å². The van der Waals surface area contributed by atoms with Gasteiger partial charge in [-0.25, -0.2) is 0 Å². The maximum Gasteiger partial charge on any atom is 0.258 e. The van der Waals surface area contributed by atoms with Crippen LogP contribution in [0.3, 0.4) is 0 Å². The number of amides is 1. The quantitative estimate of drug-likeness (QED) is 0.878. The fraction of sp³-hybridized carbons (Fsp3) is 0.611. The number of hydrogen-bond acceptors (Lipinski definition) is 3. The van der Waals surface area contributed by atoms with E-state index in [1.165, 1.54) is 24.0 Å². The van der Waals surface area contributed by atoms with Crippen LogP contribution in [-0.4, -0.2) is 42.6 Å². The van der Waals surface area contributed by atoms with Crippen molar-refractivity contribution in [3.8, 4) is 5.75 Å². The van der Waals surface area contributed by atoms with E-state index in [1.54, 1.807) is 0 Å². The fourth-order valence-corrected chi connectivity index (χ4v) is 2.75. The fourth-order valence-electron chi connectivity index (χ4n) is 2.75. The van der Waals surface area contributed by atoms with Gasteiger partial charge in [-0.1, -0.05) is 6.07 Å². The third-order valence-corrected chi connectivity index (χ3v) is 4.53. The van der Waals surface area contributed by atoms with Crippen LogP contribution in [-0.2, 0) is 4.79 Å². The summed E-state index contributed by atoms with van der Waals surface area (Å²) in [6, 6.07) is 5.89. The standard InChI is InChI=1S/C18H28N2O2/c1-14-7-8-16(11-15(14)2)22-12-17(21)19-13-18(3,4)20-9-5-6-10-20/h7-8,11H,5-6,9-10,12-13H2,1-4H3,(H,19,21). The Balaban J connectivity index is 1.76. The predicted molar refractivity (Wildman–Crippen MR) is 89.3 cm³/mol. The molecule has 1 amide bonds. The first kappa shape index (κ1) is 16.8. The number of ether oxygens (including phenoxy) is 1. The molecular weight excluding hydrogens is 276 g/mol. The van der Waals surface area contributed by atoms with E-state index < -0.39 is 0 Å². The Kier molecular flexibility index (Phi) is 5.46. The van der Waals surface area contributed by atoms with Gasteiger partial charge in [0, 0.05) is 12.1 Å². The molecule has 4 nitrogen and oxygen atoms in total. The minimum absolute atomic E-state index is 0.00655. The second-order valence-corrected chi connectivity index (χ2v) is 6.82. The van der Waals surface area contributed by atoms with E-state index in [2.05, 4.69) is 31.0 Å². The van der Waals surface area contributed by atoms with Crippen LogP contribution in [0.4, 0.5) is 0 Å². The molecule has 0 unspecified atom stereocenters. The smallest absolute Gasteiger partial charge is 0.258 e. The Hall–Kier alpha value is -1.55. The summed E-state index contributed by atoms with van der Waals surface area (Å²) in [7, 11) is 0. The number of carbonyl (C=O) groups excluding carboxylic acids is 1. The zero-order valence-electron chi connectivity index (χ0n) is 14.2. The molecule has 1 aromatic rings. The van der Waals surface area contributed by atoms with Gasteiger partial charge in [-0.15, -0.1) is 0 Å². The highest BCUT2D eigenvalue weighted by Gasteiger charge is 2.29. The van der Waals surface area contributed by atoms with E-state index in [0.717, 1.165) is 18.8 Å². The molecule has 4 heteroatoms. The molecule has 1 N–H and O–H groups in total. The maximum atomic E-state index is 12.0. The van der Waals surface area contributed by atoms with Gasteiger partial charge in [0.05, 0.1) is 0 Å². The van der Waals surface area contributed by atoms with Crippen molar-refractivity contribution in [2.75, 3.05) is 26.2 Å². The Bertz CT molecular complexity index is 520. The zero-order chi connectivity index (χ0) is 16.2. The molecule has 0 aromatic heterocycles. The maximum absolute atomic E-state index is 12.0. The zero-order valence-corrected chi connectivity index (χ0v) is 14.2. The van der Waals surface area contributed by atoms with Crippen molar-refractivity contribution in [1.82, 2.24) is 10.2 Å². The predicted octanol–water partition coefficient (Wildman–Crippen LogP) is 2.67. The van der Waals surface area contributed by atoms with Crippen LogP contribution < -0.4 is 10.1 Å². The van der Waals surface area contributed by atoms with Gasteiger partial charge >= 0.3 is 0 Å². The summed E-state index contributed by atoms with van der Waals surface area (Å²) >= 11 is 0. The highest BCUT2D eigenvalue weighted by Crippen LogP contribution is 2.20. The molecule has 0 saturated carbocycles. The number of likely N-dealkylation sites (tertiary alicyclic amines) is 1. The van der Waals surface area contributed by atoms with E-state index in [1.807, 2.05) is 25.1 Å². The molecule has 0 spiro atoms. The molecule has 1 aromatic carbocycles. The number of nitrogens with one attached hydrogen (secondary N) is 1. The second-order valence-electron chi connectivity index (χ2n) is 6.82. The van der Waals surface area contributed by atoms with Crippen LogP contribution in [0.25, 0.3) is 0 Å². The molecule has 1 heterocycles. The minimum Gasteiger partial charge on any atom is -0.484 e. The van der Waals surface area contributed by atoms with Gasteiger partial charge < -0.3 is 10.1 Å². The summed E-state index contributed by atoms with van der Waals surface area (Å²) in [6.07, 6.45) is 2.51. The Labute approximate surface area is 133 Å². The summed E-state index contributed by atoms with van der Waals surface area (Å²) in [6.45, 7) is 11.4. The molecule has 22 heavy (non-hydrogen) atoms. The Morgan fingerprint density at radius 3 is 2.55 bits per heavy atom. The molecule has 1 saturated heterocycles. The first-order valence-electron chi connectivity index (χ1n) is 8.10. The molecule has 0 atom stereocenters. The van der Waals surface area contributed by atoms with Crippen LogP contribution in [0, 0.1) is 13.8 Å². The summed E-state index contributed by atoms with van der Waals surface area (Å²) in [4.78, 5) is 14.4. The van der Waals surface area contributed by atoms with Crippen molar-refractivity contribution in [3.05, 3.63) is 29.3 Å². The van der Waals surface area contributed by atoms with E-state index in [-0.39, 0.29) is 18.1 Å². The van der Waals surface area contributed by atoms with Gasteiger partial charge in [-0.3, -0.25) is 9.69 Å². The van der Waals surface area contributed by atoms with Crippen molar-refractivity contribution in [2.24, 2.45) is 0 Å². The van der Waals surface area contributed by atoms with Crippen LogP contribution >= 0.6 is 0 Å². The number of carbonyl (C=O) groups is 1. The molecule has 1 aliphatic rings. The lowest BCUT2D eigenvalue weighted by atomic mass is 10.0. The van der Waals surface area contributed by atoms with E-state index in [9.17, 15) is 4.79 Å². The van der Waals surface area contributed by atoms with Crippen molar-refractivity contribution in [2.45, 2.75) is 46.1 Å². The first-order chi connectivity index (χ1) is 10.4. The highest BCUT2D eigenvalue weighted by atomic mass is 16.5. The van der Waals surface area contributed by atoms with Crippen LogP contribution in [0.2, 0.25) is 0 Å². The summed E-state index contributed by atoms with van der Waals surface area (Å²) in [5.74, 6) is 0.683.